The van der Waals surface area contributed by atoms with Gasteiger partial charge in [-0.3, -0.25) is 4.79 Å². The SMILES string of the molecule is Cc1ccc(OCC23CC(C(=O)N4N=CCC4c4cc(F)c(C5CC5)c(F)c4)(C2)C3)nc1. The fourth-order valence-electron chi connectivity index (χ4n) is 5.83. The van der Waals surface area contributed by atoms with Crippen molar-refractivity contribution in [2.45, 2.75) is 57.4 Å². The molecule has 2 aromatic rings. The minimum Gasteiger partial charge on any atom is -0.477 e. The molecule has 4 fully saturated rings. The number of aromatic nitrogens is 1. The van der Waals surface area contributed by atoms with Crippen molar-refractivity contribution in [1.29, 1.82) is 0 Å². The first-order valence-electron chi connectivity index (χ1n) is 11.3. The minimum absolute atomic E-state index is 0.00379. The smallest absolute Gasteiger partial charge is 0.249 e. The summed E-state index contributed by atoms with van der Waals surface area (Å²) in [6.07, 6.45) is 7.84. The number of rotatable bonds is 6. The number of carbonyl (C=O) groups excluding carboxylic acids is 1. The zero-order valence-electron chi connectivity index (χ0n) is 18.0. The van der Waals surface area contributed by atoms with Crippen LogP contribution < -0.4 is 4.74 Å². The summed E-state index contributed by atoms with van der Waals surface area (Å²) < 4.78 is 35.1. The van der Waals surface area contributed by atoms with Crippen LogP contribution in [0.15, 0.2) is 35.6 Å². The Morgan fingerprint density at radius 1 is 1.19 bits per heavy atom. The van der Waals surface area contributed by atoms with Crippen molar-refractivity contribution in [2.24, 2.45) is 15.9 Å². The summed E-state index contributed by atoms with van der Waals surface area (Å²) in [5.74, 6) is -0.459. The molecule has 32 heavy (non-hydrogen) atoms. The second-order valence-electron chi connectivity index (χ2n) is 10.1. The normalized spacial score (nSPS) is 30.1. The van der Waals surface area contributed by atoms with Crippen LogP contribution in [0.2, 0.25) is 0 Å². The summed E-state index contributed by atoms with van der Waals surface area (Å²) in [5.41, 5.74) is 1.34. The topological polar surface area (TPSA) is 54.8 Å². The van der Waals surface area contributed by atoms with Crippen molar-refractivity contribution in [3.63, 3.8) is 0 Å². The van der Waals surface area contributed by atoms with Crippen LogP contribution in [0, 0.1) is 29.4 Å². The van der Waals surface area contributed by atoms with Gasteiger partial charge in [0, 0.05) is 35.9 Å². The molecule has 4 aliphatic carbocycles. The van der Waals surface area contributed by atoms with Crippen LogP contribution in [-0.2, 0) is 4.79 Å². The highest BCUT2D eigenvalue weighted by atomic mass is 19.1. The Hall–Kier alpha value is -2.83. The van der Waals surface area contributed by atoms with Gasteiger partial charge in [-0.05, 0) is 68.2 Å². The van der Waals surface area contributed by atoms with Crippen molar-refractivity contribution >= 4 is 12.1 Å². The summed E-state index contributed by atoms with van der Waals surface area (Å²) in [7, 11) is 0. The predicted octanol–water partition coefficient (Wildman–Crippen LogP) is 5.05. The number of amides is 1. The molecule has 0 radical (unpaired) electrons. The van der Waals surface area contributed by atoms with Crippen molar-refractivity contribution in [2.75, 3.05) is 6.61 Å². The molecule has 2 bridgehead atoms. The van der Waals surface area contributed by atoms with E-state index in [1.807, 2.05) is 19.1 Å². The van der Waals surface area contributed by atoms with E-state index in [1.165, 1.54) is 17.1 Å². The standard InChI is InChI=1S/C25H25F2N3O2/c1-15-2-5-21(28-10-15)32-14-24-11-25(12-24,13-24)23(31)30-20(6-7-29-30)17-8-18(26)22(16-3-4-16)19(27)9-17/h2,5,7-10,16,20H,3-4,6,11-14H2,1H3. The summed E-state index contributed by atoms with van der Waals surface area (Å²) in [4.78, 5) is 17.6. The molecule has 0 spiro atoms. The Kier molecular flexibility index (Phi) is 4.23. The molecular formula is C25H25F2N3O2. The first-order valence-corrected chi connectivity index (χ1v) is 11.3. The zero-order chi connectivity index (χ0) is 22.1. The van der Waals surface area contributed by atoms with Gasteiger partial charge in [0.15, 0.2) is 0 Å². The van der Waals surface area contributed by atoms with Crippen molar-refractivity contribution in [3.05, 3.63) is 58.8 Å². The van der Waals surface area contributed by atoms with Gasteiger partial charge in [0.25, 0.3) is 0 Å². The second-order valence-corrected chi connectivity index (χ2v) is 10.1. The number of pyridine rings is 1. The van der Waals surface area contributed by atoms with Crippen LogP contribution in [0.3, 0.4) is 0 Å². The maximum atomic E-state index is 14.6. The number of hydrogen-bond acceptors (Lipinski definition) is 4. The third-order valence-electron chi connectivity index (χ3n) is 7.51. The number of halogens is 2. The highest BCUT2D eigenvalue weighted by Crippen LogP contribution is 2.74. The fraction of sp³-hybridized carbons (Fsp3) is 0.480. The molecule has 4 saturated carbocycles. The van der Waals surface area contributed by atoms with Gasteiger partial charge in [0.1, 0.15) is 11.6 Å². The van der Waals surface area contributed by atoms with Crippen LogP contribution in [0.4, 0.5) is 8.78 Å². The molecule has 7 rings (SSSR count). The van der Waals surface area contributed by atoms with Gasteiger partial charge in [0.2, 0.25) is 11.8 Å². The largest absolute Gasteiger partial charge is 0.477 e. The molecule has 7 heteroatoms. The molecule has 1 amide bonds. The van der Waals surface area contributed by atoms with Crippen molar-refractivity contribution in [3.8, 4) is 5.88 Å². The van der Waals surface area contributed by atoms with Gasteiger partial charge in [-0.1, -0.05) is 6.07 Å². The van der Waals surface area contributed by atoms with Gasteiger partial charge in [-0.25, -0.2) is 18.8 Å². The molecule has 0 N–H and O–H groups in total. The molecule has 166 valence electrons. The van der Waals surface area contributed by atoms with Crippen LogP contribution in [0.25, 0.3) is 0 Å². The molecule has 2 heterocycles. The molecule has 1 aliphatic heterocycles. The van der Waals surface area contributed by atoms with Crippen molar-refractivity contribution in [1.82, 2.24) is 9.99 Å². The number of hydrogen-bond donors (Lipinski definition) is 0. The van der Waals surface area contributed by atoms with E-state index in [9.17, 15) is 13.6 Å². The summed E-state index contributed by atoms with van der Waals surface area (Å²) in [5, 5.41) is 5.75. The summed E-state index contributed by atoms with van der Waals surface area (Å²) in [6.45, 7) is 2.52. The quantitative estimate of drug-likeness (QED) is 0.635. The molecule has 1 aromatic heterocycles. The zero-order valence-corrected chi connectivity index (χ0v) is 18.0. The van der Waals surface area contributed by atoms with E-state index in [2.05, 4.69) is 10.1 Å². The number of hydrazone groups is 1. The van der Waals surface area contributed by atoms with Gasteiger partial charge in [-0.15, -0.1) is 0 Å². The first-order chi connectivity index (χ1) is 15.4. The molecule has 1 unspecified atom stereocenters. The van der Waals surface area contributed by atoms with Crippen LogP contribution in [0.1, 0.15) is 67.2 Å². The van der Waals surface area contributed by atoms with Gasteiger partial charge in [0.05, 0.1) is 18.1 Å². The molecule has 5 nitrogen and oxygen atoms in total. The molecule has 1 aromatic carbocycles. The van der Waals surface area contributed by atoms with Crippen LogP contribution >= 0.6 is 0 Å². The van der Waals surface area contributed by atoms with E-state index in [4.69, 9.17) is 4.74 Å². The van der Waals surface area contributed by atoms with Crippen LogP contribution in [0.5, 0.6) is 5.88 Å². The lowest BCUT2D eigenvalue weighted by Gasteiger charge is -2.69. The first kappa shape index (κ1) is 19.8. The van der Waals surface area contributed by atoms with E-state index in [1.54, 1.807) is 12.4 Å². The Morgan fingerprint density at radius 2 is 1.91 bits per heavy atom. The Balaban J connectivity index is 1.12. The Bertz CT molecular complexity index is 1080. The maximum absolute atomic E-state index is 14.6. The minimum atomic E-state index is -0.506. The lowest BCUT2D eigenvalue weighted by Crippen LogP contribution is -2.69. The monoisotopic (exact) mass is 437 g/mol. The van der Waals surface area contributed by atoms with E-state index >= 15 is 0 Å². The van der Waals surface area contributed by atoms with Gasteiger partial charge >= 0.3 is 0 Å². The Morgan fingerprint density at radius 3 is 2.53 bits per heavy atom. The third-order valence-corrected chi connectivity index (χ3v) is 7.51. The number of aryl methyl sites for hydroxylation is 1. The fourth-order valence-corrected chi connectivity index (χ4v) is 5.83. The predicted molar refractivity (Wildman–Crippen MR) is 114 cm³/mol. The second kappa shape index (κ2) is 6.83. The third kappa shape index (κ3) is 3.05. The lowest BCUT2D eigenvalue weighted by molar-refractivity contribution is -0.227. The van der Waals surface area contributed by atoms with Crippen molar-refractivity contribution < 1.29 is 18.3 Å². The molecule has 0 saturated heterocycles. The molecule has 1 atom stereocenters. The average molecular weight is 437 g/mol. The number of ether oxygens (including phenoxy) is 1. The highest BCUT2D eigenvalue weighted by Gasteiger charge is 2.73. The number of carbonyl (C=O) groups is 1. The maximum Gasteiger partial charge on any atom is 0.249 e. The lowest BCUT2D eigenvalue weighted by atomic mass is 9.35. The highest BCUT2D eigenvalue weighted by molar-refractivity contribution is 5.88. The number of benzene rings is 1. The average Bonchev–Trinajstić information content (AvgIpc) is 3.40. The molecular weight excluding hydrogens is 412 g/mol. The summed E-state index contributed by atoms with van der Waals surface area (Å²) in [6, 6.07) is 6.16. The van der Waals surface area contributed by atoms with Crippen LogP contribution in [-0.4, -0.2) is 28.7 Å². The van der Waals surface area contributed by atoms with E-state index in [-0.39, 0.29) is 22.8 Å². The van der Waals surface area contributed by atoms with Gasteiger partial charge < -0.3 is 4.74 Å². The Labute approximate surface area is 185 Å². The van der Waals surface area contributed by atoms with E-state index in [0.717, 1.165) is 37.7 Å². The van der Waals surface area contributed by atoms with Gasteiger partial charge in [-0.2, -0.15) is 5.10 Å². The summed E-state index contributed by atoms with van der Waals surface area (Å²) >= 11 is 0. The number of nitrogens with zero attached hydrogens (tertiary/aromatic N) is 3. The van der Waals surface area contributed by atoms with E-state index in [0.29, 0.717) is 24.5 Å². The molecule has 5 aliphatic rings. The van der Waals surface area contributed by atoms with E-state index < -0.39 is 23.1 Å².